The van der Waals surface area contributed by atoms with Gasteiger partial charge in [0.15, 0.2) is 0 Å². The second-order valence-electron chi connectivity index (χ2n) is 7.10. The first-order chi connectivity index (χ1) is 12.3. The Hall–Kier alpha value is -0.400. The zero-order valence-electron chi connectivity index (χ0n) is 16.2. The van der Waals surface area contributed by atoms with Gasteiger partial charge in [0.25, 0.3) is 0 Å². The first kappa shape index (κ1) is 22.9. The molecule has 0 amide bonds. The predicted molar refractivity (Wildman–Crippen MR) is 107 cm³/mol. The third-order valence-electron chi connectivity index (χ3n) is 5.85. The summed E-state index contributed by atoms with van der Waals surface area (Å²) in [5, 5.41) is 0. The summed E-state index contributed by atoms with van der Waals surface area (Å²) in [5.41, 5.74) is 7.69. The van der Waals surface area contributed by atoms with Crippen LogP contribution in [-0.4, -0.2) is 5.43 Å². The first-order valence-corrected chi connectivity index (χ1v) is 17.8. The van der Waals surface area contributed by atoms with E-state index in [1.165, 1.54) is 29.6 Å². The zero-order valence-corrected chi connectivity index (χ0v) is 21.2. The molecule has 4 rings (SSSR count). The molecular weight excluding hydrogens is 466 g/mol. The van der Waals surface area contributed by atoms with E-state index < -0.39 is 20.4 Å². The van der Waals surface area contributed by atoms with Crippen LogP contribution in [0.4, 0.5) is 0 Å². The second-order valence-corrected chi connectivity index (χ2v) is 23.1. The van der Waals surface area contributed by atoms with Crippen LogP contribution in [0.1, 0.15) is 41.9 Å². The largest absolute Gasteiger partial charge is 1.00 e. The van der Waals surface area contributed by atoms with Crippen molar-refractivity contribution in [2.24, 2.45) is 0 Å². The molecule has 140 valence electrons. The minimum absolute atomic E-state index is 0. The van der Waals surface area contributed by atoms with Gasteiger partial charge in [-0.05, 0) is 0 Å². The number of hydrogen-bond acceptors (Lipinski definition) is 0. The summed E-state index contributed by atoms with van der Waals surface area (Å²) in [5.74, 6) is 0. The van der Waals surface area contributed by atoms with Crippen LogP contribution in [0, 0.1) is 0 Å². The van der Waals surface area contributed by atoms with Crippen LogP contribution in [0.2, 0.25) is 12.1 Å². The van der Waals surface area contributed by atoms with Gasteiger partial charge < -0.3 is 24.8 Å². The topological polar surface area (TPSA) is 0 Å². The Labute approximate surface area is 184 Å². The Bertz CT molecular complexity index is 876. The van der Waals surface area contributed by atoms with Crippen molar-refractivity contribution in [3.8, 4) is 11.1 Å². The summed E-state index contributed by atoms with van der Waals surface area (Å²) in [6.45, 7) is 7.30. The molecule has 0 saturated heterocycles. The standard InChI is InChI=1S/C13H9.C6H7.C4H10Si.2ClH.Zr/c1-3-7-12-10(5-1)9-11-6-2-4-8-13(11)12;1-6-4-2-3-5-6;1-3-5-4-2;;;/h1-9H;2,4H,3H2,1H3;3-4H2,1-2H3;2*1H;/q;;;;;+2/p-2. The maximum atomic E-state index is 2.46. The smallest absolute Gasteiger partial charge is 1.00 e. The van der Waals surface area contributed by atoms with Crippen LogP contribution >= 0.6 is 0 Å². The molecule has 0 radical (unpaired) electrons. The van der Waals surface area contributed by atoms with Crippen LogP contribution in [0.25, 0.3) is 11.1 Å². The third kappa shape index (κ3) is 4.01. The van der Waals surface area contributed by atoms with Crippen molar-refractivity contribution in [2.45, 2.75) is 42.9 Å². The molecule has 0 N–H and O–H groups in total. The van der Waals surface area contributed by atoms with Crippen molar-refractivity contribution in [3.05, 3.63) is 80.7 Å². The van der Waals surface area contributed by atoms with E-state index in [-0.39, 0.29) is 30.2 Å². The van der Waals surface area contributed by atoms with Gasteiger partial charge in [-0.2, -0.15) is 0 Å². The van der Waals surface area contributed by atoms with Gasteiger partial charge in [0, 0.05) is 0 Å². The average Bonchev–Trinajstić information content (AvgIpc) is 3.21. The molecule has 27 heavy (non-hydrogen) atoms. The molecule has 0 heterocycles. The van der Waals surface area contributed by atoms with Gasteiger partial charge in [0.1, 0.15) is 0 Å². The third-order valence-corrected chi connectivity index (χ3v) is 28.7. The molecule has 2 aliphatic rings. The van der Waals surface area contributed by atoms with Gasteiger partial charge in [-0.3, -0.25) is 0 Å². The summed E-state index contributed by atoms with van der Waals surface area (Å²) >= 11 is -1.81. The first-order valence-electron chi connectivity index (χ1n) is 9.53. The molecule has 0 unspecified atom stereocenters. The second kappa shape index (κ2) is 9.88. The fourth-order valence-electron chi connectivity index (χ4n) is 4.63. The summed E-state index contributed by atoms with van der Waals surface area (Å²) in [4.78, 5) is 0. The van der Waals surface area contributed by atoms with Crippen LogP contribution in [-0.2, 0) is 20.4 Å². The minimum atomic E-state index is -1.81. The molecular formula is C23H26Cl2SiZr. The van der Waals surface area contributed by atoms with E-state index in [4.69, 9.17) is 0 Å². The van der Waals surface area contributed by atoms with Crippen molar-refractivity contribution < 1.29 is 45.2 Å². The van der Waals surface area contributed by atoms with Crippen molar-refractivity contribution in [1.82, 2.24) is 0 Å². The van der Waals surface area contributed by atoms with Gasteiger partial charge >= 0.3 is 160 Å². The molecule has 0 atom stereocenters. The molecule has 0 fully saturated rings. The monoisotopic (exact) mass is 490 g/mol. The average molecular weight is 493 g/mol. The number of halogens is 2. The number of allylic oxidation sites excluding steroid dienone is 4. The molecule has 0 bridgehead atoms. The summed E-state index contributed by atoms with van der Waals surface area (Å²) in [6, 6.07) is 21.4. The van der Waals surface area contributed by atoms with E-state index in [9.17, 15) is 0 Å². The number of fused-ring (bicyclic) bond motifs is 3. The molecule has 0 spiro atoms. The van der Waals surface area contributed by atoms with Crippen LogP contribution in [0.15, 0.2) is 69.5 Å². The van der Waals surface area contributed by atoms with Gasteiger partial charge in [0.05, 0.1) is 0 Å². The van der Waals surface area contributed by atoms with E-state index >= 15 is 0 Å². The Morgan fingerprint density at radius 3 is 1.85 bits per heavy atom. The quantitative estimate of drug-likeness (QED) is 0.550. The maximum absolute atomic E-state index is 2.46. The van der Waals surface area contributed by atoms with E-state index in [2.05, 4.69) is 81.5 Å². The normalized spacial score (nSPS) is 14.0. The van der Waals surface area contributed by atoms with Crippen molar-refractivity contribution in [2.75, 3.05) is 0 Å². The summed E-state index contributed by atoms with van der Waals surface area (Å²) in [6.07, 6.45) is 6.06. The molecule has 4 heteroatoms. The molecule has 0 aliphatic heterocycles. The number of rotatable bonds is 4. The van der Waals surface area contributed by atoms with Gasteiger partial charge in [-0.15, -0.1) is 0 Å². The minimum Gasteiger partial charge on any atom is -1.00 e. The van der Waals surface area contributed by atoms with Crippen molar-refractivity contribution >= 4 is 5.43 Å². The van der Waals surface area contributed by atoms with E-state index in [1.807, 2.05) is 3.28 Å². The van der Waals surface area contributed by atoms with Crippen LogP contribution in [0.5, 0.6) is 0 Å². The molecule has 2 aliphatic carbocycles. The van der Waals surface area contributed by atoms with Crippen molar-refractivity contribution in [1.29, 1.82) is 0 Å². The Balaban J connectivity index is 0.00000131. The van der Waals surface area contributed by atoms with Crippen molar-refractivity contribution in [3.63, 3.8) is 0 Å². The van der Waals surface area contributed by atoms with E-state index in [0.29, 0.717) is 0 Å². The van der Waals surface area contributed by atoms with E-state index in [1.54, 1.807) is 16.7 Å². The maximum Gasteiger partial charge on any atom is -1.00 e. The van der Waals surface area contributed by atoms with Gasteiger partial charge in [0.2, 0.25) is 0 Å². The number of hydrogen-bond donors (Lipinski definition) is 0. The molecule has 0 nitrogen and oxygen atoms in total. The predicted octanol–water partition coefficient (Wildman–Crippen LogP) is 0.648. The fraction of sp³-hybridized carbons (Fsp3) is 0.304. The van der Waals surface area contributed by atoms with Gasteiger partial charge in [-0.25, -0.2) is 0 Å². The van der Waals surface area contributed by atoms with Crippen LogP contribution < -0.4 is 24.8 Å². The Kier molecular flexibility index (Phi) is 8.37. The molecule has 0 saturated carbocycles. The fourth-order valence-corrected chi connectivity index (χ4v) is 27.8. The molecule has 2 aromatic carbocycles. The molecule has 2 aromatic rings. The SMILES string of the molecule is CC[Si](CC)=[Zr+2]([C]1=C(C)C=CC1)[CH]1c2ccccc2-c2ccccc21.[Cl-].[Cl-]. The molecule has 0 aromatic heterocycles. The summed E-state index contributed by atoms with van der Waals surface area (Å²) in [7, 11) is 0. The number of benzene rings is 2. The van der Waals surface area contributed by atoms with E-state index in [0.717, 1.165) is 3.63 Å². The zero-order chi connectivity index (χ0) is 17.4. The Morgan fingerprint density at radius 1 is 0.889 bits per heavy atom. The van der Waals surface area contributed by atoms with Gasteiger partial charge in [-0.1, -0.05) is 0 Å². The Morgan fingerprint density at radius 2 is 1.41 bits per heavy atom. The van der Waals surface area contributed by atoms with Crippen LogP contribution in [0.3, 0.4) is 0 Å². The summed E-state index contributed by atoms with van der Waals surface area (Å²) < 4.78 is 2.66.